The summed E-state index contributed by atoms with van der Waals surface area (Å²) in [4.78, 5) is 19.6. The van der Waals surface area contributed by atoms with Crippen molar-refractivity contribution in [2.24, 2.45) is 5.92 Å². The number of likely N-dealkylation sites (tertiary alicyclic amines) is 1. The number of nitrogens with zero attached hydrogens (tertiary/aromatic N) is 4. The number of fused-ring (bicyclic) bond motifs is 2. The molecule has 1 atom stereocenters. The molecule has 1 aliphatic heterocycles. The van der Waals surface area contributed by atoms with Crippen LogP contribution in [0.5, 0.6) is 16.7 Å². The molecule has 1 amide bonds. The van der Waals surface area contributed by atoms with Crippen LogP contribution in [0.2, 0.25) is 0 Å². The molecule has 0 spiro atoms. The lowest BCUT2D eigenvalue weighted by atomic mass is 9.99. The van der Waals surface area contributed by atoms with Gasteiger partial charge in [0.1, 0.15) is 28.4 Å². The Morgan fingerprint density at radius 2 is 2.06 bits per heavy atom. The highest BCUT2D eigenvalue weighted by atomic mass is 32.1. The second kappa shape index (κ2) is 9.53. The standard InChI is InChI=1S/C25H30N4O6S/c1-25(2,3)35-24(30)28-8-6-7-15(12-28)14-33-19-9-16(31-4)10-20-17(19)11-21(34-20)18-13-29-22(26-18)36-23(27-29)32-5/h9-11,13,15H,6-8,12,14H2,1-5H3. The van der Waals surface area contributed by atoms with Crippen molar-refractivity contribution in [3.63, 3.8) is 0 Å². The molecule has 10 nitrogen and oxygen atoms in total. The highest BCUT2D eigenvalue weighted by Crippen LogP contribution is 2.37. The number of furan rings is 1. The van der Waals surface area contributed by atoms with E-state index in [2.05, 4.69) is 10.1 Å². The summed E-state index contributed by atoms with van der Waals surface area (Å²) in [7, 11) is 3.19. The fourth-order valence-electron chi connectivity index (χ4n) is 4.23. The number of benzene rings is 1. The summed E-state index contributed by atoms with van der Waals surface area (Å²) >= 11 is 1.35. The number of hydrogen-bond acceptors (Lipinski definition) is 9. The van der Waals surface area contributed by atoms with E-state index in [1.807, 2.05) is 39.0 Å². The Labute approximate surface area is 212 Å². The molecule has 4 aromatic rings. The number of rotatable bonds is 6. The number of aromatic nitrogens is 3. The number of amides is 1. The molecule has 1 saturated heterocycles. The lowest BCUT2D eigenvalue weighted by molar-refractivity contribution is 0.0139. The van der Waals surface area contributed by atoms with Crippen LogP contribution >= 0.6 is 11.3 Å². The maximum absolute atomic E-state index is 12.5. The van der Waals surface area contributed by atoms with E-state index in [1.165, 1.54) is 11.3 Å². The van der Waals surface area contributed by atoms with Gasteiger partial charge in [-0.2, -0.15) is 0 Å². The summed E-state index contributed by atoms with van der Waals surface area (Å²) in [5.74, 6) is 2.10. The smallest absolute Gasteiger partial charge is 0.410 e. The Kier molecular flexibility index (Phi) is 6.42. The molecule has 36 heavy (non-hydrogen) atoms. The average molecular weight is 515 g/mol. The van der Waals surface area contributed by atoms with Crippen molar-refractivity contribution in [3.8, 4) is 28.1 Å². The lowest BCUT2D eigenvalue weighted by Gasteiger charge is -2.34. The molecule has 1 aliphatic rings. The maximum Gasteiger partial charge on any atom is 0.410 e. The first-order valence-electron chi connectivity index (χ1n) is 11.9. The molecule has 0 N–H and O–H groups in total. The quantitative estimate of drug-likeness (QED) is 0.344. The number of piperidine rings is 1. The molecule has 1 fully saturated rings. The predicted octanol–water partition coefficient (Wildman–Crippen LogP) is 5.25. The number of hydrogen-bond donors (Lipinski definition) is 0. The topological polar surface area (TPSA) is 101 Å². The first kappa shape index (κ1) is 24.2. The number of carbonyl (C=O) groups is 1. The third kappa shape index (κ3) is 5.06. The minimum absolute atomic E-state index is 0.194. The number of carbonyl (C=O) groups excluding carboxylic acids is 1. The molecule has 1 aromatic carbocycles. The monoisotopic (exact) mass is 514 g/mol. The average Bonchev–Trinajstić information content (AvgIpc) is 3.54. The summed E-state index contributed by atoms with van der Waals surface area (Å²) in [6.07, 6.45) is 3.41. The molecule has 0 saturated carbocycles. The van der Waals surface area contributed by atoms with Crippen molar-refractivity contribution in [3.05, 3.63) is 24.4 Å². The van der Waals surface area contributed by atoms with Crippen LogP contribution in [0.1, 0.15) is 33.6 Å². The van der Waals surface area contributed by atoms with Gasteiger partial charge in [0, 0.05) is 31.1 Å². The first-order chi connectivity index (χ1) is 17.2. The van der Waals surface area contributed by atoms with Crippen LogP contribution in [-0.4, -0.2) is 65.1 Å². The second-order valence-electron chi connectivity index (χ2n) is 9.82. The zero-order valence-corrected chi connectivity index (χ0v) is 21.9. The number of imidazole rings is 1. The third-order valence-electron chi connectivity index (χ3n) is 5.91. The van der Waals surface area contributed by atoms with Gasteiger partial charge < -0.3 is 28.3 Å². The van der Waals surface area contributed by atoms with E-state index in [4.69, 9.17) is 23.4 Å². The highest BCUT2D eigenvalue weighted by Gasteiger charge is 2.28. The first-order valence-corrected chi connectivity index (χ1v) is 12.7. The van der Waals surface area contributed by atoms with Gasteiger partial charge in [0.25, 0.3) is 5.19 Å². The third-order valence-corrected chi connectivity index (χ3v) is 6.79. The molecule has 4 heterocycles. The molecule has 5 rings (SSSR count). The molecule has 11 heteroatoms. The van der Waals surface area contributed by atoms with Gasteiger partial charge in [0.2, 0.25) is 4.96 Å². The molecule has 0 bridgehead atoms. The Morgan fingerprint density at radius 1 is 1.22 bits per heavy atom. The van der Waals surface area contributed by atoms with Crippen LogP contribution in [-0.2, 0) is 4.74 Å². The normalized spacial score (nSPS) is 16.5. The van der Waals surface area contributed by atoms with Crippen LogP contribution in [0, 0.1) is 5.92 Å². The summed E-state index contributed by atoms with van der Waals surface area (Å²) in [5.41, 5.74) is 0.788. The van der Waals surface area contributed by atoms with E-state index >= 15 is 0 Å². The van der Waals surface area contributed by atoms with Gasteiger partial charge in [-0.15, -0.1) is 5.10 Å². The van der Waals surface area contributed by atoms with Crippen molar-refractivity contribution >= 4 is 33.4 Å². The largest absolute Gasteiger partial charge is 0.496 e. The Morgan fingerprint density at radius 3 is 2.78 bits per heavy atom. The number of ether oxygens (including phenoxy) is 4. The molecule has 1 unspecified atom stereocenters. The van der Waals surface area contributed by atoms with Gasteiger partial charge in [-0.25, -0.2) is 14.3 Å². The van der Waals surface area contributed by atoms with E-state index in [0.29, 0.717) is 58.4 Å². The van der Waals surface area contributed by atoms with Gasteiger partial charge in [-0.05, 0) is 51.0 Å². The maximum atomic E-state index is 12.5. The van der Waals surface area contributed by atoms with E-state index < -0.39 is 5.60 Å². The fraction of sp³-hybridized carbons (Fsp3) is 0.480. The van der Waals surface area contributed by atoms with Crippen LogP contribution in [0.15, 0.2) is 28.8 Å². The van der Waals surface area contributed by atoms with Gasteiger partial charge in [-0.1, -0.05) is 0 Å². The van der Waals surface area contributed by atoms with Crippen LogP contribution in [0.25, 0.3) is 27.4 Å². The zero-order valence-electron chi connectivity index (χ0n) is 21.1. The SMILES string of the molecule is COc1cc(OCC2CCCN(C(=O)OC(C)(C)C)C2)c2cc(-c3cn4nc(OC)sc4n3)oc2c1. The zero-order chi connectivity index (χ0) is 25.4. The molecule has 192 valence electrons. The Hall–Kier alpha value is -3.47. The predicted molar refractivity (Wildman–Crippen MR) is 135 cm³/mol. The van der Waals surface area contributed by atoms with Gasteiger partial charge in [0.15, 0.2) is 5.76 Å². The van der Waals surface area contributed by atoms with Crippen molar-refractivity contribution in [2.75, 3.05) is 33.9 Å². The summed E-state index contributed by atoms with van der Waals surface area (Å²) < 4.78 is 30.3. The van der Waals surface area contributed by atoms with Crippen molar-refractivity contribution in [1.29, 1.82) is 0 Å². The Balaban J connectivity index is 1.34. The number of methoxy groups -OCH3 is 2. The lowest BCUT2D eigenvalue weighted by Crippen LogP contribution is -2.44. The van der Waals surface area contributed by atoms with E-state index in [1.54, 1.807) is 29.8 Å². The molecular formula is C25H30N4O6S. The molecule has 3 aromatic heterocycles. The van der Waals surface area contributed by atoms with Crippen LogP contribution in [0.4, 0.5) is 4.79 Å². The van der Waals surface area contributed by atoms with Gasteiger partial charge in [-0.3, -0.25) is 0 Å². The van der Waals surface area contributed by atoms with E-state index in [0.717, 1.165) is 18.2 Å². The minimum atomic E-state index is -0.516. The fourth-order valence-corrected chi connectivity index (χ4v) is 4.93. The van der Waals surface area contributed by atoms with E-state index in [9.17, 15) is 4.79 Å². The van der Waals surface area contributed by atoms with Gasteiger partial charge in [0.05, 0.1) is 32.4 Å². The molecule has 0 aliphatic carbocycles. The second-order valence-corrected chi connectivity index (χ2v) is 10.7. The summed E-state index contributed by atoms with van der Waals surface area (Å²) in [6, 6.07) is 5.60. The van der Waals surface area contributed by atoms with Crippen molar-refractivity contribution in [1.82, 2.24) is 19.5 Å². The summed E-state index contributed by atoms with van der Waals surface area (Å²) in [5, 5.41) is 5.69. The highest BCUT2D eigenvalue weighted by molar-refractivity contribution is 7.18. The van der Waals surface area contributed by atoms with E-state index in [-0.39, 0.29) is 12.0 Å². The van der Waals surface area contributed by atoms with Crippen molar-refractivity contribution < 1.29 is 28.2 Å². The minimum Gasteiger partial charge on any atom is -0.496 e. The van der Waals surface area contributed by atoms with Crippen LogP contribution < -0.4 is 14.2 Å². The molecule has 0 radical (unpaired) electrons. The summed E-state index contributed by atoms with van der Waals surface area (Å²) in [6.45, 7) is 7.39. The van der Waals surface area contributed by atoms with Crippen LogP contribution in [0.3, 0.4) is 0 Å². The van der Waals surface area contributed by atoms with Crippen molar-refractivity contribution in [2.45, 2.75) is 39.2 Å². The molecular weight excluding hydrogens is 484 g/mol. The Bertz CT molecular complexity index is 1350. The van der Waals surface area contributed by atoms with Gasteiger partial charge >= 0.3 is 6.09 Å².